The van der Waals surface area contributed by atoms with Crippen LogP contribution >= 0.6 is 11.6 Å². The lowest BCUT2D eigenvalue weighted by Crippen LogP contribution is -2.63. The van der Waals surface area contributed by atoms with E-state index in [1.807, 2.05) is 0 Å². The van der Waals surface area contributed by atoms with Crippen molar-refractivity contribution < 1.29 is 27.2 Å². The van der Waals surface area contributed by atoms with Crippen molar-refractivity contribution in [1.82, 2.24) is 10.2 Å². The monoisotopic (exact) mass is 461 g/mol. The highest BCUT2D eigenvalue weighted by molar-refractivity contribution is 6.34. The van der Waals surface area contributed by atoms with Gasteiger partial charge in [-0.15, -0.1) is 0 Å². The van der Waals surface area contributed by atoms with Gasteiger partial charge in [0, 0.05) is 5.56 Å². The summed E-state index contributed by atoms with van der Waals surface area (Å²) in [5, 5.41) is 1.73. The maximum atomic E-state index is 14.4. The fourth-order valence-electron chi connectivity index (χ4n) is 3.29. The smallest absolute Gasteiger partial charge is 0.442 e. The minimum atomic E-state index is -5.24. The molecule has 6 nitrogen and oxygen atoms in total. The van der Waals surface area contributed by atoms with E-state index in [-0.39, 0.29) is 34.3 Å². The highest BCUT2D eigenvalue weighted by Gasteiger charge is 2.67. The molecule has 1 aliphatic heterocycles. The van der Waals surface area contributed by atoms with E-state index < -0.39 is 23.7 Å². The molecule has 4 rings (SSSR count). The largest absolute Gasteiger partial charge is 0.467 e. The van der Waals surface area contributed by atoms with Crippen LogP contribution in [0, 0.1) is 0 Å². The third-order valence-corrected chi connectivity index (χ3v) is 5.16. The Kier molecular flexibility index (Phi) is 5.52. The van der Waals surface area contributed by atoms with Gasteiger partial charge >= 0.3 is 11.8 Å². The van der Waals surface area contributed by atoms with Crippen molar-refractivity contribution >= 4 is 29.3 Å². The van der Waals surface area contributed by atoms with E-state index in [0.29, 0.717) is 0 Å². The van der Waals surface area contributed by atoms with Gasteiger partial charge in [0.25, 0.3) is 11.8 Å². The number of hydrogen-bond acceptors (Lipinski definition) is 4. The first-order chi connectivity index (χ1) is 15.2. The number of hydrogen-bond donors (Lipinski definition) is 1. The SMILES string of the molecule is O=C(N[C@@]1(C(F)(F)F)N=C(c2ccccc2)N(Cc2ccco2)C1=O)c1ccccc1Cl. The number of alkyl halides is 3. The summed E-state index contributed by atoms with van der Waals surface area (Å²) in [5.74, 6) is -2.64. The second-order valence-electron chi connectivity index (χ2n) is 6.91. The molecule has 2 heterocycles. The highest BCUT2D eigenvalue weighted by Crippen LogP contribution is 2.39. The van der Waals surface area contributed by atoms with Crippen LogP contribution in [0.15, 0.2) is 82.4 Å². The van der Waals surface area contributed by atoms with Gasteiger partial charge in [-0.2, -0.15) is 13.2 Å². The van der Waals surface area contributed by atoms with E-state index in [0.717, 1.165) is 4.90 Å². The maximum absolute atomic E-state index is 14.4. The molecule has 0 saturated heterocycles. The zero-order valence-corrected chi connectivity index (χ0v) is 17.0. The fraction of sp³-hybridized carbons (Fsp3) is 0.136. The number of aliphatic imine (C=N–C) groups is 1. The fourth-order valence-corrected chi connectivity index (χ4v) is 3.51. The molecule has 0 radical (unpaired) electrons. The zero-order valence-electron chi connectivity index (χ0n) is 16.3. The summed E-state index contributed by atoms with van der Waals surface area (Å²) in [6.07, 6.45) is -3.90. The van der Waals surface area contributed by atoms with Gasteiger partial charge in [0.2, 0.25) is 0 Å². The number of benzene rings is 2. The van der Waals surface area contributed by atoms with Gasteiger partial charge in [0.1, 0.15) is 11.6 Å². The van der Waals surface area contributed by atoms with Crippen molar-refractivity contribution in [3.8, 4) is 0 Å². The molecule has 2 amide bonds. The van der Waals surface area contributed by atoms with E-state index >= 15 is 0 Å². The Labute approximate surface area is 185 Å². The first kappa shape index (κ1) is 21.6. The minimum Gasteiger partial charge on any atom is -0.467 e. The van der Waals surface area contributed by atoms with E-state index in [9.17, 15) is 22.8 Å². The molecular formula is C22H15ClF3N3O3. The normalized spacial score (nSPS) is 18.6. The third-order valence-electron chi connectivity index (χ3n) is 4.83. The molecule has 164 valence electrons. The first-order valence-electron chi connectivity index (χ1n) is 9.36. The van der Waals surface area contributed by atoms with Crippen LogP contribution in [0.25, 0.3) is 0 Å². The van der Waals surface area contributed by atoms with Crippen molar-refractivity contribution in [2.24, 2.45) is 4.99 Å². The van der Waals surface area contributed by atoms with Crippen LogP contribution in [0.2, 0.25) is 5.02 Å². The molecule has 0 spiro atoms. The summed E-state index contributed by atoms with van der Waals surface area (Å²) in [4.78, 5) is 30.6. The predicted octanol–water partition coefficient (Wildman–Crippen LogP) is 4.41. The molecule has 32 heavy (non-hydrogen) atoms. The summed E-state index contributed by atoms with van der Waals surface area (Å²) in [6, 6.07) is 16.6. The standard InChI is InChI=1S/C22H15ClF3N3O3/c23-17-11-5-4-10-16(17)19(30)28-21(22(24,25)26)20(31)29(13-15-9-6-12-32-15)18(27-21)14-7-2-1-3-8-14/h1-12H,13H2,(H,28,30)/t21-/m0/s1. The van der Waals surface area contributed by atoms with Crippen LogP contribution in [0.3, 0.4) is 0 Å². The predicted molar refractivity (Wildman–Crippen MR) is 110 cm³/mol. The van der Waals surface area contributed by atoms with Crippen molar-refractivity contribution in [3.63, 3.8) is 0 Å². The number of halogens is 4. The van der Waals surface area contributed by atoms with Crippen LogP contribution in [0.1, 0.15) is 21.7 Å². The van der Waals surface area contributed by atoms with E-state index in [1.165, 1.54) is 48.7 Å². The molecule has 0 saturated carbocycles. The van der Waals surface area contributed by atoms with Crippen molar-refractivity contribution in [1.29, 1.82) is 0 Å². The second-order valence-corrected chi connectivity index (χ2v) is 7.32. The quantitative estimate of drug-likeness (QED) is 0.611. The number of amidine groups is 1. The molecule has 1 atom stereocenters. The number of nitrogens with one attached hydrogen (secondary N) is 1. The van der Waals surface area contributed by atoms with Crippen LogP contribution in [-0.2, 0) is 11.3 Å². The van der Waals surface area contributed by atoms with Crippen LogP contribution in [-0.4, -0.2) is 34.4 Å². The molecule has 10 heteroatoms. The van der Waals surface area contributed by atoms with Gasteiger partial charge in [-0.1, -0.05) is 54.1 Å². The van der Waals surface area contributed by atoms with Gasteiger partial charge in [-0.05, 0) is 24.3 Å². The number of carbonyl (C=O) groups is 2. The Morgan fingerprint density at radius 2 is 1.75 bits per heavy atom. The molecule has 3 aromatic rings. The molecule has 1 N–H and O–H groups in total. The Hall–Kier alpha value is -3.59. The minimum absolute atomic E-state index is 0.0625. The van der Waals surface area contributed by atoms with Gasteiger partial charge in [-0.3, -0.25) is 14.5 Å². The van der Waals surface area contributed by atoms with E-state index in [1.54, 1.807) is 29.6 Å². The highest BCUT2D eigenvalue weighted by atomic mass is 35.5. The Morgan fingerprint density at radius 1 is 1.06 bits per heavy atom. The topological polar surface area (TPSA) is 74.9 Å². The summed E-state index contributed by atoms with van der Waals surface area (Å²) in [5.41, 5.74) is -3.47. The number of amides is 2. The van der Waals surface area contributed by atoms with Gasteiger partial charge < -0.3 is 9.73 Å². The molecular weight excluding hydrogens is 447 g/mol. The zero-order chi connectivity index (χ0) is 22.9. The van der Waals surface area contributed by atoms with Gasteiger partial charge in [0.15, 0.2) is 0 Å². The average Bonchev–Trinajstić information content (AvgIpc) is 3.37. The molecule has 0 unspecified atom stereocenters. The molecule has 1 aliphatic rings. The van der Waals surface area contributed by atoms with Crippen LogP contribution in [0.4, 0.5) is 13.2 Å². The second kappa shape index (κ2) is 8.16. The Bertz CT molecular complexity index is 1180. The van der Waals surface area contributed by atoms with Crippen LogP contribution < -0.4 is 5.32 Å². The Morgan fingerprint density at radius 3 is 2.38 bits per heavy atom. The third kappa shape index (κ3) is 3.75. The van der Waals surface area contributed by atoms with Crippen LogP contribution in [0.5, 0.6) is 0 Å². The molecule has 0 fully saturated rings. The maximum Gasteiger partial charge on any atom is 0.442 e. The van der Waals surface area contributed by atoms with Crippen molar-refractivity contribution in [2.45, 2.75) is 18.4 Å². The van der Waals surface area contributed by atoms with E-state index in [2.05, 4.69) is 4.99 Å². The molecule has 0 aliphatic carbocycles. The lowest BCUT2D eigenvalue weighted by molar-refractivity contribution is -0.196. The van der Waals surface area contributed by atoms with Gasteiger partial charge in [0.05, 0.1) is 23.4 Å². The summed E-state index contributed by atoms with van der Waals surface area (Å²) >= 11 is 5.96. The van der Waals surface area contributed by atoms with Crippen molar-refractivity contribution in [3.05, 3.63) is 94.9 Å². The lowest BCUT2D eigenvalue weighted by Gasteiger charge is -2.29. The van der Waals surface area contributed by atoms with Crippen molar-refractivity contribution in [2.75, 3.05) is 0 Å². The Balaban J connectivity index is 1.82. The van der Waals surface area contributed by atoms with E-state index in [4.69, 9.17) is 16.0 Å². The lowest BCUT2D eigenvalue weighted by atomic mass is 10.1. The summed E-state index contributed by atoms with van der Waals surface area (Å²) < 4.78 is 48.3. The van der Waals surface area contributed by atoms with Gasteiger partial charge in [-0.25, -0.2) is 4.99 Å². The number of rotatable bonds is 5. The number of carbonyl (C=O) groups excluding carboxylic acids is 2. The molecule has 2 aromatic carbocycles. The molecule has 1 aromatic heterocycles. The molecule has 0 bridgehead atoms. The number of furan rings is 1. The summed E-state index contributed by atoms with van der Waals surface area (Å²) in [6.45, 7) is -0.306. The number of nitrogens with zero attached hydrogens (tertiary/aromatic N) is 2. The summed E-state index contributed by atoms with van der Waals surface area (Å²) in [7, 11) is 0. The average molecular weight is 462 g/mol. The first-order valence-corrected chi connectivity index (χ1v) is 9.74.